The first-order valence-corrected chi connectivity index (χ1v) is 4.27. The zero-order valence-electron chi connectivity index (χ0n) is 7.77. The molecule has 0 fully saturated rings. The highest BCUT2D eigenvalue weighted by Crippen LogP contribution is 2.20. The van der Waals surface area contributed by atoms with Gasteiger partial charge >= 0.3 is 0 Å². The van der Waals surface area contributed by atoms with E-state index in [0.29, 0.717) is 17.5 Å². The Hall–Kier alpha value is -0.960. The van der Waals surface area contributed by atoms with Crippen molar-refractivity contribution >= 4 is 0 Å². The molecule has 0 radical (unpaired) electrons. The van der Waals surface area contributed by atoms with Crippen molar-refractivity contribution in [2.75, 3.05) is 0 Å². The Balaban J connectivity index is 3.15. The SMILES string of the molecule is CCC(N)c1cc(C)c(F)cc1F. The van der Waals surface area contributed by atoms with E-state index in [-0.39, 0.29) is 6.04 Å². The Bertz CT molecular complexity index is 310. The largest absolute Gasteiger partial charge is 0.324 e. The molecule has 0 amide bonds. The lowest BCUT2D eigenvalue weighted by Gasteiger charge is -2.11. The van der Waals surface area contributed by atoms with Gasteiger partial charge in [-0.15, -0.1) is 0 Å². The van der Waals surface area contributed by atoms with E-state index in [1.54, 1.807) is 6.92 Å². The first-order chi connectivity index (χ1) is 6.06. The normalized spacial score (nSPS) is 13.0. The van der Waals surface area contributed by atoms with Crippen LogP contribution in [0.3, 0.4) is 0 Å². The maximum absolute atomic E-state index is 13.1. The van der Waals surface area contributed by atoms with Crippen LogP contribution in [0.4, 0.5) is 8.78 Å². The quantitative estimate of drug-likeness (QED) is 0.753. The summed E-state index contributed by atoms with van der Waals surface area (Å²) in [5, 5.41) is 0. The number of rotatable bonds is 2. The minimum Gasteiger partial charge on any atom is -0.324 e. The Kier molecular flexibility index (Phi) is 2.98. The van der Waals surface area contributed by atoms with E-state index >= 15 is 0 Å². The number of nitrogens with two attached hydrogens (primary N) is 1. The van der Waals surface area contributed by atoms with Crippen LogP contribution in [0.1, 0.15) is 30.5 Å². The number of benzene rings is 1. The third-order valence-corrected chi connectivity index (χ3v) is 2.12. The van der Waals surface area contributed by atoms with E-state index in [1.165, 1.54) is 6.07 Å². The van der Waals surface area contributed by atoms with E-state index in [1.807, 2.05) is 6.92 Å². The van der Waals surface area contributed by atoms with Crippen LogP contribution < -0.4 is 5.73 Å². The van der Waals surface area contributed by atoms with E-state index < -0.39 is 11.6 Å². The van der Waals surface area contributed by atoms with Crippen LogP contribution in [0, 0.1) is 18.6 Å². The Morgan fingerprint density at radius 3 is 2.46 bits per heavy atom. The number of aryl methyl sites for hydroxylation is 1. The predicted molar refractivity (Wildman–Crippen MR) is 48.3 cm³/mol. The van der Waals surface area contributed by atoms with Gasteiger partial charge in [-0.25, -0.2) is 8.78 Å². The van der Waals surface area contributed by atoms with Gasteiger partial charge in [0.2, 0.25) is 0 Å². The van der Waals surface area contributed by atoms with Crippen LogP contribution in [0.15, 0.2) is 12.1 Å². The second kappa shape index (κ2) is 3.83. The second-order valence-electron chi connectivity index (χ2n) is 3.14. The van der Waals surface area contributed by atoms with Crippen LogP contribution in [0.2, 0.25) is 0 Å². The lowest BCUT2D eigenvalue weighted by atomic mass is 10.0. The zero-order chi connectivity index (χ0) is 10.0. The molecule has 0 saturated carbocycles. The summed E-state index contributed by atoms with van der Waals surface area (Å²) < 4.78 is 26.0. The molecule has 1 unspecified atom stereocenters. The number of halogens is 2. The second-order valence-corrected chi connectivity index (χ2v) is 3.14. The highest BCUT2D eigenvalue weighted by molar-refractivity contribution is 5.27. The molecule has 0 saturated heterocycles. The van der Waals surface area contributed by atoms with Gasteiger partial charge in [0.05, 0.1) is 0 Å². The first-order valence-electron chi connectivity index (χ1n) is 4.27. The van der Waals surface area contributed by atoms with Crippen molar-refractivity contribution in [3.63, 3.8) is 0 Å². The molecule has 0 spiro atoms. The molecular weight excluding hydrogens is 172 g/mol. The van der Waals surface area contributed by atoms with Gasteiger partial charge in [0.1, 0.15) is 11.6 Å². The van der Waals surface area contributed by atoms with Crippen LogP contribution in [-0.4, -0.2) is 0 Å². The monoisotopic (exact) mass is 185 g/mol. The Morgan fingerprint density at radius 2 is 1.92 bits per heavy atom. The lowest BCUT2D eigenvalue weighted by Crippen LogP contribution is -2.11. The highest BCUT2D eigenvalue weighted by Gasteiger charge is 2.12. The predicted octanol–water partition coefficient (Wildman–Crippen LogP) is 2.68. The minimum absolute atomic E-state index is 0.348. The van der Waals surface area contributed by atoms with Gasteiger partial charge in [0.15, 0.2) is 0 Å². The third-order valence-electron chi connectivity index (χ3n) is 2.12. The Labute approximate surface area is 76.6 Å². The molecule has 1 atom stereocenters. The summed E-state index contributed by atoms with van der Waals surface area (Å²) in [6.07, 6.45) is 0.641. The smallest absolute Gasteiger partial charge is 0.130 e. The fraction of sp³-hybridized carbons (Fsp3) is 0.400. The van der Waals surface area contributed by atoms with Crippen molar-refractivity contribution in [1.29, 1.82) is 0 Å². The van der Waals surface area contributed by atoms with E-state index in [0.717, 1.165) is 6.07 Å². The van der Waals surface area contributed by atoms with Crippen molar-refractivity contribution in [3.05, 3.63) is 34.9 Å². The van der Waals surface area contributed by atoms with Crippen molar-refractivity contribution in [1.82, 2.24) is 0 Å². The van der Waals surface area contributed by atoms with Gasteiger partial charge < -0.3 is 5.73 Å². The summed E-state index contributed by atoms with van der Waals surface area (Å²) >= 11 is 0. The molecule has 3 heteroatoms. The van der Waals surface area contributed by atoms with Crippen LogP contribution >= 0.6 is 0 Å². The summed E-state index contributed by atoms with van der Waals surface area (Å²) in [6, 6.07) is 2.01. The minimum atomic E-state index is -0.558. The number of hydrogen-bond acceptors (Lipinski definition) is 1. The topological polar surface area (TPSA) is 26.0 Å². The molecule has 0 aliphatic rings. The molecule has 2 N–H and O–H groups in total. The van der Waals surface area contributed by atoms with Gasteiger partial charge in [-0.2, -0.15) is 0 Å². The molecule has 0 bridgehead atoms. The lowest BCUT2D eigenvalue weighted by molar-refractivity contribution is 0.547. The fourth-order valence-corrected chi connectivity index (χ4v) is 1.18. The van der Waals surface area contributed by atoms with E-state index in [2.05, 4.69) is 0 Å². The van der Waals surface area contributed by atoms with Crippen molar-refractivity contribution in [3.8, 4) is 0 Å². The van der Waals surface area contributed by atoms with Gasteiger partial charge in [-0.1, -0.05) is 6.92 Å². The molecule has 0 aromatic heterocycles. The molecule has 13 heavy (non-hydrogen) atoms. The molecule has 72 valence electrons. The Morgan fingerprint density at radius 1 is 1.31 bits per heavy atom. The summed E-state index contributed by atoms with van der Waals surface area (Å²) in [7, 11) is 0. The molecule has 1 aromatic rings. The van der Waals surface area contributed by atoms with E-state index in [4.69, 9.17) is 5.73 Å². The summed E-state index contributed by atoms with van der Waals surface area (Å²) in [4.78, 5) is 0. The molecule has 0 aliphatic carbocycles. The van der Waals surface area contributed by atoms with Crippen LogP contribution in [0.25, 0.3) is 0 Å². The molecule has 1 rings (SSSR count). The average molecular weight is 185 g/mol. The van der Waals surface area contributed by atoms with Crippen LogP contribution in [-0.2, 0) is 0 Å². The maximum atomic E-state index is 13.1. The molecule has 1 aromatic carbocycles. The molecule has 1 nitrogen and oxygen atoms in total. The molecule has 0 heterocycles. The standard InChI is InChI=1S/C10H13F2N/c1-3-10(13)7-4-6(2)8(11)5-9(7)12/h4-5,10H,3,13H2,1-2H3. The first kappa shape index (κ1) is 10.1. The zero-order valence-corrected chi connectivity index (χ0v) is 7.77. The van der Waals surface area contributed by atoms with Crippen LogP contribution in [0.5, 0.6) is 0 Å². The summed E-state index contributed by atoms with van der Waals surface area (Å²) in [5.74, 6) is -1.08. The van der Waals surface area contributed by atoms with Gasteiger partial charge in [-0.3, -0.25) is 0 Å². The highest BCUT2D eigenvalue weighted by atomic mass is 19.1. The molecule has 0 aliphatic heterocycles. The molecular formula is C10H13F2N. The van der Waals surface area contributed by atoms with Crippen molar-refractivity contribution in [2.24, 2.45) is 5.73 Å². The summed E-state index contributed by atoms with van der Waals surface area (Å²) in [5.41, 5.74) is 6.47. The van der Waals surface area contributed by atoms with Gasteiger partial charge in [0, 0.05) is 17.7 Å². The fourth-order valence-electron chi connectivity index (χ4n) is 1.18. The average Bonchev–Trinajstić information content (AvgIpc) is 2.10. The van der Waals surface area contributed by atoms with Gasteiger partial charge in [0.25, 0.3) is 0 Å². The maximum Gasteiger partial charge on any atom is 0.130 e. The third kappa shape index (κ3) is 2.04. The van der Waals surface area contributed by atoms with E-state index in [9.17, 15) is 8.78 Å². The number of hydrogen-bond donors (Lipinski definition) is 1. The summed E-state index contributed by atoms with van der Waals surface area (Å²) in [6.45, 7) is 3.46. The van der Waals surface area contributed by atoms with Crippen molar-refractivity contribution < 1.29 is 8.78 Å². The van der Waals surface area contributed by atoms with Crippen molar-refractivity contribution in [2.45, 2.75) is 26.3 Å². The van der Waals surface area contributed by atoms with Gasteiger partial charge in [-0.05, 0) is 25.0 Å².